The lowest BCUT2D eigenvalue weighted by Crippen LogP contribution is -1.91. The fourth-order valence-corrected chi connectivity index (χ4v) is 8.01. The van der Waals surface area contributed by atoms with Crippen LogP contribution in [0.25, 0.3) is 75.5 Å². The maximum absolute atomic E-state index is 2.40. The van der Waals surface area contributed by atoms with Gasteiger partial charge in [0.1, 0.15) is 0 Å². The summed E-state index contributed by atoms with van der Waals surface area (Å²) < 4.78 is 0. The van der Waals surface area contributed by atoms with Crippen molar-refractivity contribution in [2.45, 2.75) is 13.8 Å². The Morgan fingerprint density at radius 3 is 1.12 bits per heavy atom. The molecule has 8 aromatic rings. The Bertz CT molecular complexity index is 2080. The van der Waals surface area contributed by atoms with Crippen LogP contribution in [0.2, 0.25) is 0 Å². The normalized spacial score (nSPS) is 11.6. The first-order valence-corrected chi connectivity index (χ1v) is 16.0. The zero-order chi connectivity index (χ0) is 28.2. The molecular weight excluding hydrogens is 545 g/mol. The van der Waals surface area contributed by atoms with Gasteiger partial charge in [0.05, 0.1) is 0 Å². The Hall–Kier alpha value is -4.50. The highest BCUT2D eigenvalue weighted by atomic mass is 32.1. The number of rotatable bonds is 4. The summed E-state index contributed by atoms with van der Waals surface area (Å²) in [6.45, 7) is 4.34. The van der Waals surface area contributed by atoms with Crippen molar-refractivity contribution in [3.63, 3.8) is 0 Å². The lowest BCUT2D eigenvalue weighted by atomic mass is 9.84. The van der Waals surface area contributed by atoms with Gasteiger partial charge >= 0.3 is 0 Å². The van der Waals surface area contributed by atoms with Gasteiger partial charge in [-0.25, -0.2) is 0 Å². The Morgan fingerprint density at radius 2 is 0.738 bits per heavy atom. The van der Waals surface area contributed by atoms with E-state index in [0.717, 1.165) is 0 Å². The molecule has 8 rings (SSSR count). The Balaban J connectivity index is 1.40. The summed E-state index contributed by atoms with van der Waals surface area (Å²) in [5, 5.41) is 7.68. The van der Waals surface area contributed by atoms with E-state index in [4.69, 9.17) is 0 Å². The van der Waals surface area contributed by atoms with E-state index >= 15 is 0 Å². The number of thiophene rings is 2. The van der Waals surface area contributed by atoms with E-state index in [1.54, 1.807) is 0 Å². The molecule has 0 aliphatic rings. The molecule has 2 heteroatoms. The molecule has 0 bridgehead atoms. The molecule has 0 spiro atoms. The molecule has 0 saturated carbocycles. The van der Waals surface area contributed by atoms with E-state index < -0.39 is 0 Å². The van der Waals surface area contributed by atoms with E-state index in [-0.39, 0.29) is 0 Å². The van der Waals surface area contributed by atoms with E-state index in [9.17, 15) is 0 Å². The lowest BCUT2D eigenvalue weighted by molar-refractivity contribution is 1.63. The molecule has 0 atom stereocenters. The van der Waals surface area contributed by atoms with Gasteiger partial charge < -0.3 is 0 Å². The molecule has 42 heavy (non-hydrogen) atoms. The van der Waals surface area contributed by atoms with Crippen LogP contribution in [0.1, 0.15) is 9.75 Å². The number of hydrogen-bond acceptors (Lipinski definition) is 2. The third-order valence-electron chi connectivity index (χ3n) is 8.29. The van der Waals surface area contributed by atoms with Crippen LogP contribution in [-0.2, 0) is 0 Å². The van der Waals surface area contributed by atoms with Gasteiger partial charge in [-0.15, -0.1) is 22.7 Å². The second-order valence-electron chi connectivity index (χ2n) is 11.0. The van der Waals surface area contributed by atoms with Crippen molar-refractivity contribution in [3.05, 3.63) is 143 Å². The first-order valence-electron chi connectivity index (χ1n) is 14.3. The number of benzene rings is 6. The third kappa shape index (κ3) is 4.27. The minimum absolute atomic E-state index is 1.25. The summed E-state index contributed by atoms with van der Waals surface area (Å²) in [6, 6.07) is 49.7. The standard InChI is InChI=1S/C40H28S2/c1-25-11-21-37(41-25)27-13-17-29(18-14-27)39-33-9-5-6-10-34(33)40(36-24-32-8-4-3-7-31(32)23-35(36)39)30-19-15-28(16-20-30)38-22-12-26(2)42-38/h3-24H,1-2H3. The van der Waals surface area contributed by atoms with Crippen LogP contribution in [0.5, 0.6) is 0 Å². The molecule has 0 amide bonds. The first kappa shape index (κ1) is 25.2. The van der Waals surface area contributed by atoms with Crippen LogP contribution >= 0.6 is 22.7 Å². The molecule has 0 radical (unpaired) electrons. The highest BCUT2D eigenvalue weighted by molar-refractivity contribution is 7.15. The first-order chi connectivity index (χ1) is 20.6. The van der Waals surface area contributed by atoms with Crippen molar-refractivity contribution < 1.29 is 0 Å². The Kier molecular flexibility index (Phi) is 6.06. The van der Waals surface area contributed by atoms with E-state index in [1.165, 1.54) is 85.2 Å². The van der Waals surface area contributed by atoms with Gasteiger partial charge in [0.25, 0.3) is 0 Å². The van der Waals surface area contributed by atoms with Crippen molar-refractivity contribution >= 4 is 55.0 Å². The van der Waals surface area contributed by atoms with Crippen molar-refractivity contribution in [2.75, 3.05) is 0 Å². The molecule has 200 valence electrons. The molecule has 0 unspecified atom stereocenters. The molecule has 2 aromatic heterocycles. The molecule has 2 heterocycles. The minimum Gasteiger partial charge on any atom is -0.141 e. The summed E-state index contributed by atoms with van der Waals surface area (Å²) in [5.41, 5.74) is 7.64. The molecule has 0 N–H and O–H groups in total. The number of fused-ring (bicyclic) bond motifs is 3. The SMILES string of the molecule is Cc1ccc(-c2ccc(-c3c4ccccc4c(-c4ccc(-c5ccc(C)s5)cc4)c4cc5ccccc5cc34)cc2)s1. The predicted octanol–water partition coefficient (Wildman–Crippen LogP) is 12.6. The molecule has 0 nitrogen and oxygen atoms in total. The zero-order valence-corrected chi connectivity index (χ0v) is 25.2. The van der Waals surface area contributed by atoms with Crippen molar-refractivity contribution in [1.29, 1.82) is 0 Å². The Morgan fingerprint density at radius 1 is 0.357 bits per heavy atom. The molecule has 0 aliphatic carbocycles. The summed E-state index contributed by atoms with van der Waals surface area (Å²) in [7, 11) is 0. The maximum Gasteiger partial charge on any atom is 0.0345 e. The van der Waals surface area contributed by atoms with Gasteiger partial charge in [0.15, 0.2) is 0 Å². The van der Waals surface area contributed by atoms with Crippen molar-refractivity contribution in [2.24, 2.45) is 0 Å². The summed E-state index contributed by atoms with van der Waals surface area (Å²) >= 11 is 3.70. The Labute approximate surface area is 254 Å². The monoisotopic (exact) mass is 572 g/mol. The smallest absolute Gasteiger partial charge is 0.0345 e. The second kappa shape index (κ2) is 10.1. The molecule has 6 aromatic carbocycles. The van der Waals surface area contributed by atoms with E-state index in [0.29, 0.717) is 0 Å². The largest absolute Gasteiger partial charge is 0.141 e. The third-order valence-corrected chi connectivity index (χ3v) is 10.4. The fraction of sp³-hybridized carbons (Fsp3) is 0.0500. The molecule has 0 saturated heterocycles. The molecular formula is C40H28S2. The van der Waals surface area contributed by atoms with Crippen molar-refractivity contribution in [1.82, 2.24) is 0 Å². The number of hydrogen-bond donors (Lipinski definition) is 0. The van der Waals surface area contributed by atoms with Gasteiger partial charge in [0, 0.05) is 19.5 Å². The van der Waals surface area contributed by atoms with Gasteiger partial charge in [-0.05, 0) is 116 Å². The minimum atomic E-state index is 1.25. The molecule has 0 aliphatic heterocycles. The van der Waals surface area contributed by atoms with Crippen LogP contribution < -0.4 is 0 Å². The van der Waals surface area contributed by atoms with Gasteiger partial charge in [-0.1, -0.05) is 97.1 Å². The second-order valence-corrected chi connectivity index (χ2v) is 13.6. The highest BCUT2D eigenvalue weighted by Crippen LogP contribution is 2.45. The predicted molar refractivity (Wildman–Crippen MR) is 186 cm³/mol. The maximum atomic E-state index is 2.40. The van der Waals surface area contributed by atoms with Crippen LogP contribution in [0.15, 0.2) is 133 Å². The highest BCUT2D eigenvalue weighted by Gasteiger charge is 2.18. The lowest BCUT2D eigenvalue weighted by Gasteiger charge is -2.19. The number of aryl methyl sites for hydroxylation is 2. The van der Waals surface area contributed by atoms with E-state index in [2.05, 4.69) is 147 Å². The quantitative estimate of drug-likeness (QED) is 0.184. The van der Waals surface area contributed by atoms with Crippen LogP contribution in [-0.4, -0.2) is 0 Å². The van der Waals surface area contributed by atoms with Gasteiger partial charge in [0.2, 0.25) is 0 Å². The average Bonchev–Trinajstić information content (AvgIpc) is 3.67. The average molecular weight is 573 g/mol. The van der Waals surface area contributed by atoms with Crippen LogP contribution in [0, 0.1) is 13.8 Å². The summed E-state index contributed by atoms with van der Waals surface area (Å²) in [6.07, 6.45) is 0. The van der Waals surface area contributed by atoms with Gasteiger partial charge in [-0.3, -0.25) is 0 Å². The van der Waals surface area contributed by atoms with Crippen LogP contribution in [0.4, 0.5) is 0 Å². The topological polar surface area (TPSA) is 0 Å². The van der Waals surface area contributed by atoms with Crippen molar-refractivity contribution in [3.8, 4) is 43.1 Å². The van der Waals surface area contributed by atoms with Crippen LogP contribution in [0.3, 0.4) is 0 Å². The zero-order valence-electron chi connectivity index (χ0n) is 23.5. The van der Waals surface area contributed by atoms with E-state index in [1.807, 2.05) is 22.7 Å². The molecule has 0 fully saturated rings. The summed E-state index contributed by atoms with van der Waals surface area (Å²) in [4.78, 5) is 5.31. The fourth-order valence-electron chi connectivity index (χ4n) is 6.27. The summed E-state index contributed by atoms with van der Waals surface area (Å²) in [5.74, 6) is 0. The van der Waals surface area contributed by atoms with Gasteiger partial charge in [-0.2, -0.15) is 0 Å².